The van der Waals surface area contributed by atoms with E-state index in [4.69, 9.17) is 11.5 Å². The van der Waals surface area contributed by atoms with Gasteiger partial charge in [-0.15, -0.1) is 0 Å². The first-order valence-corrected chi connectivity index (χ1v) is 5.28. The number of nitrogens with two attached hydrogens (primary N) is 2. The van der Waals surface area contributed by atoms with Gasteiger partial charge in [0.25, 0.3) is 5.91 Å². The van der Waals surface area contributed by atoms with Gasteiger partial charge in [0.15, 0.2) is 0 Å². The van der Waals surface area contributed by atoms with Crippen LogP contribution in [0.2, 0.25) is 0 Å². The third-order valence-corrected chi connectivity index (χ3v) is 1.59. The van der Waals surface area contributed by atoms with E-state index in [0.717, 1.165) is 5.56 Å². The minimum absolute atomic E-state index is 0.394. The average Bonchev–Trinajstić information content (AvgIpc) is 2.27. The van der Waals surface area contributed by atoms with Crippen molar-refractivity contribution in [3.05, 3.63) is 29.3 Å². The Kier molecular flexibility index (Phi) is 9.63. The summed E-state index contributed by atoms with van der Waals surface area (Å²) in [7, 11) is 0. The van der Waals surface area contributed by atoms with Crippen molar-refractivity contribution < 1.29 is 4.79 Å². The molecule has 86 valence electrons. The van der Waals surface area contributed by atoms with Crippen molar-refractivity contribution in [1.29, 1.82) is 0 Å². The van der Waals surface area contributed by atoms with Gasteiger partial charge in [-0.1, -0.05) is 39.8 Å². The van der Waals surface area contributed by atoms with Crippen LogP contribution in [0.4, 0.5) is 5.69 Å². The zero-order chi connectivity index (χ0) is 12.4. The lowest BCUT2D eigenvalue weighted by atomic mass is 10.1. The molecule has 1 amide bonds. The molecule has 1 aromatic carbocycles. The van der Waals surface area contributed by atoms with Gasteiger partial charge in [0, 0.05) is 5.69 Å². The first-order valence-electron chi connectivity index (χ1n) is 5.28. The van der Waals surface area contributed by atoms with E-state index in [1.165, 1.54) is 0 Å². The number of nitrogen functional groups attached to an aromatic ring is 1. The third-order valence-electron chi connectivity index (χ3n) is 1.59. The SMILES string of the molecule is CC.CC.Cc1cccc(C(N)=O)c1N. The van der Waals surface area contributed by atoms with Crippen molar-refractivity contribution in [2.24, 2.45) is 5.73 Å². The summed E-state index contributed by atoms with van der Waals surface area (Å²) < 4.78 is 0. The lowest BCUT2D eigenvalue weighted by Crippen LogP contribution is -2.13. The molecular weight excluding hydrogens is 188 g/mol. The minimum Gasteiger partial charge on any atom is -0.398 e. The fourth-order valence-electron chi connectivity index (χ4n) is 0.896. The van der Waals surface area contributed by atoms with Crippen molar-refractivity contribution in [3.8, 4) is 0 Å². The highest BCUT2D eigenvalue weighted by molar-refractivity contribution is 5.98. The van der Waals surface area contributed by atoms with Gasteiger partial charge >= 0.3 is 0 Å². The van der Waals surface area contributed by atoms with Crippen LogP contribution in [-0.2, 0) is 0 Å². The molecule has 0 atom stereocenters. The van der Waals surface area contributed by atoms with Gasteiger partial charge in [-0.25, -0.2) is 0 Å². The highest BCUT2D eigenvalue weighted by Crippen LogP contribution is 2.14. The second-order valence-electron chi connectivity index (χ2n) is 2.40. The fourth-order valence-corrected chi connectivity index (χ4v) is 0.896. The van der Waals surface area contributed by atoms with Gasteiger partial charge in [-0.2, -0.15) is 0 Å². The molecule has 0 unspecified atom stereocenters. The van der Waals surface area contributed by atoms with Crippen LogP contribution in [0.1, 0.15) is 43.6 Å². The highest BCUT2D eigenvalue weighted by atomic mass is 16.1. The van der Waals surface area contributed by atoms with E-state index in [9.17, 15) is 4.79 Å². The second kappa shape index (κ2) is 9.06. The maximum Gasteiger partial charge on any atom is 0.250 e. The third kappa shape index (κ3) is 5.05. The van der Waals surface area contributed by atoms with E-state index < -0.39 is 5.91 Å². The van der Waals surface area contributed by atoms with Crippen LogP contribution in [0.15, 0.2) is 18.2 Å². The van der Waals surface area contributed by atoms with Crippen molar-refractivity contribution in [2.45, 2.75) is 34.6 Å². The Balaban J connectivity index is 0. The Hall–Kier alpha value is -1.51. The molecule has 3 heteroatoms. The number of primary amides is 1. The lowest BCUT2D eigenvalue weighted by Gasteiger charge is -2.02. The van der Waals surface area contributed by atoms with E-state index >= 15 is 0 Å². The molecule has 3 nitrogen and oxygen atoms in total. The van der Waals surface area contributed by atoms with Gasteiger partial charge in [-0.3, -0.25) is 4.79 Å². The van der Waals surface area contributed by atoms with Crippen molar-refractivity contribution >= 4 is 11.6 Å². The molecule has 0 saturated heterocycles. The Bertz CT molecular complexity index is 296. The zero-order valence-corrected chi connectivity index (χ0v) is 10.3. The van der Waals surface area contributed by atoms with E-state index in [-0.39, 0.29) is 0 Å². The highest BCUT2D eigenvalue weighted by Gasteiger charge is 2.05. The molecule has 0 saturated carbocycles. The molecule has 0 aromatic heterocycles. The Morgan fingerprint density at radius 1 is 1.13 bits per heavy atom. The second-order valence-corrected chi connectivity index (χ2v) is 2.40. The fraction of sp³-hybridized carbons (Fsp3) is 0.417. The maximum absolute atomic E-state index is 10.7. The van der Waals surface area contributed by atoms with Gasteiger partial charge in [0.2, 0.25) is 0 Å². The molecule has 4 N–H and O–H groups in total. The smallest absolute Gasteiger partial charge is 0.250 e. The van der Waals surface area contributed by atoms with Crippen LogP contribution in [0.3, 0.4) is 0 Å². The number of hydrogen-bond acceptors (Lipinski definition) is 2. The van der Waals surface area contributed by atoms with E-state index in [2.05, 4.69) is 0 Å². The monoisotopic (exact) mass is 210 g/mol. The van der Waals surface area contributed by atoms with Gasteiger partial charge in [0.1, 0.15) is 0 Å². The molecule has 0 spiro atoms. The summed E-state index contributed by atoms with van der Waals surface area (Å²) in [6, 6.07) is 5.21. The first kappa shape index (κ1) is 15.9. The summed E-state index contributed by atoms with van der Waals surface area (Å²) >= 11 is 0. The predicted octanol–water partition coefficient (Wildman–Crippen LogP) is 2.73. The quantitative estimate of drug-likeness (QED) is 0.700. The molecule has 0 fully saturated rings. The van der Waals surface area contributed by atoms with Gasteiger partial charge in [0.05, 0.1) is 5.56 Å². The normalized spacial score (nSPS) is 7.80. The topological polar surface area (TPSA) is 69.1 Å². The van der Waals surface area contributed by atoms with Crippen LogP contribution in [-0.4, -0.2) is 5.91 Å². The number of carbonyl (C=O) groups excluding carboxylic acids is 1. The number of para-hydroxylation sites is 1. The molecule has 15 heavy (non-hydrogen) atoms. The number of benzene rings is 1. The molecular formula is C12H22N2O. The van der Waals surface area contributed by atoms with Crippen molar-refractivity contribution in [2.75, 3.05) is 5.73 Å². The largest absolute Gasteiger partial charge is 0.398 e. The molecule has 1 rings (SSSR count). The number of carbonyl (C=O) groups is 1. The summed E-state index contributed by atoms with van der Waals surface area (Å²) in [6.45, 7) is 9.84. The van der Waals surface area contributed by atoms with Gasteiger partial charge < -0.3 is 11.5 Å². The van der Waals surface area contributed by atoms with Gasteiger partial charge in [-0.05, 0) is 18.6 Å². The Morgan fingerprint density at radius 3 is 1.93 bits per heavy atom. The van der Waals surface area contributed by atoms with Crippen molar-refractivity contribution in [1.82, 2.24) is 0 Å². The Labute approximate surface area is 92.5 Å². The molecule has 0 bridgehead atoms. The zero-order valence-electron chi connectivity index (χ0n) is 10.3. The summed E-state index contributed by atoms with van der Waals surface area (Å²) in [5.41, 5.74) is 12.4. The van der Waals surface area contributed by atoms with Crippen molar-refractivity contribution in [3.63, 3.8) is 0 Å². The standard InChI is InChI=1S/C8H10N2O.2C2H6/c1-5-3-2-4-6(7(5)9)8(10)11;2*1-2/h2-4H,9H2,1H3,(H2,10,11);2*1-2H3. The Morgan fingerprint density at radius 2 is 1.60 bits per heavy atom. The number of anilines is 1. The molecule has 1 aromatic rings. The molecule has 0 aliphatic carbocycles. The molecule has 0 radical (unpaired) electrons. The van der Waals surface area contributed by atoms with E-state index in [0.29, 0.717) is 11.3 Å². The van der Waals surface area contributed by atoms with Crippen LogP contribution < -0.4 is 11.5 Å². The van der Waals surface area contributed by atoms with Crippen LogP contribution in [0.25, 0.3) is 0 Å². The molecule has 0 aliphatic heterocycles. The summed E-state index contributed by atoms with van der Waals surface area (Å²) in [5.74, 6) is -0.480. The predicted molar refractivity (Wildman–Crippen MR) is 66.8 cm³/mol. The number of aryl methyl sites for hydroxylation is 1. The summed E-state index contributed by atoms with van der Waals surface area (Å²) in [6.07, 6.45) is 0. The van der Waals surface area contributed by atoms with Crippen LogP contribution >= 0.6 is 0 Å². The number of rotatable bonds is 1. The number of amides is 1. The lowest BCUT2D eigenvalue weighted by molar-refractivity contribution is 0.100. The summed E-state index contributed by atoms with van der Waals surface area (Å²) in [5, 5.41) is 0. The van der Waals surface area contributed by atoms with E-state index in [1.807, 2.05) is 40.7 Å². The van der Waals surface area contributed by atoms with Crippen LogP contribution in [0, 0.1) is 6.92 Å². The molecule has 0 heterocycles. The average molecular weight is 210 g/mol. The molecule has 0 aliphatic rings. The van der Waals surface area contributed by atoms with E-state index in [1.54, 1.807) is 12.1 Å². The first-order chi connectivity index (χ1) is 7.13. The minimum atomic E-state index is -0.480. The number of hydrogen-bond donors (Lipinski definition) is 2. The summed E-state index contributed by atoms with van der Waals surface area (Å²) in [4.78, 5) is 10.7. The van der Waals surface area contributed by atoms with Crippen LogP contribution in [0.5, 0.6) is 0 Å². The maximum atomic E-state index is 10.7.